The molecule has 0 aliphatic carbocycles. The molecule has 0 N–H and O–H groups in total. The van der Waals surface area contributed by atoms with Gasteiger partial charge in [-0.1, -0.05) is 136 Å². The van der Waals surface area contributed by atoms with Gasteiger partial charge in [0.05, 0.1) is 0 Å². The fraction of sp³-hybridized carbons (Fsp3) is 0.240. The summed E-state index contributed by atoms with van der Waals surface area (Å²) in [4.78, 5) is 0. The predicted octanol–water partition coefficient (Wildman–Crippen LogP) is 16.2. The molecule has 8 aromatic carbocycles. The number of rotatable bonds is 8. The first-order valence-corrected chi connectivity index (χ1v) is 32.0. The summed E-state index contributed by atoms with van der Waals surface area (Å²) in [5.74, 6) is 0. The van der Waals surface area contributed by atoms with Crippen LogP contribution in [-0.2, 0) is 30.8 Å². The van der Waals surface area contributed by atoms with Crippen LogP contribution in [-0.4, -0.2) is 5.43 Å². The van der Waals surface area contributed by atoms with Gasteiger partial charge in [-0.2, -0.15) is 12.1 Å². The third-order valence-corrected chi connectivity index (χ3v) is 30.2. The van der Waals surface area contributed by atoms with E-state index in [0.717, 1.165) is 0 Å². The molecule has 0 aliphatic heterocycles. The number of fused-ring (bicyclic) bond motifs is 4. The van der Waals surface area contributed by atoms with E-state index in [-0.39, 0.29) is 5.43 Å². The number of halogens is 2. The zero-order valence-corrected chi connectivity index (χ0v) is 37.7. The van der Waals surface area contributed by atoms with Crippen LogP contribution in [0, 0.1) is 13.8 Å². The van der Waals surface area contributed by atoms with E-state index in [2.05, 4.69) is 174 Å². The molecular weight excluding hydrogens is 791 g/mol. The average Bonchev–Trinajstić information content (AvgIpc) is 3.80. The van der Waals surface area contributed by atoms with Gasteiger partial charge in [0.1, 0.15) is 0 Å². The fourth-order valence-corrected chi connectivity index (χ4v) is 7.62. The summed E-state index contributed by atoms with van der Waals surface area (Å²) in [5, 5.41) is 10.9. The Morgan fingerprint density at radius 3 is 1.24 bits per heavy atom. The van der Waals surface area contributed by atoms with E-state index in [9.17, 15) is 0 Å². The van der Waals surface area contributed by atoms with Gasteiger partial charge in [0, 0.05) is 0 Å². The third kappa shape index (κ3) is 9.39. The van der Waals surface area contributed by atoms with Gasteiger partial charge in [-0.25, -0.2) is 0 Å². The monoisotopic (exact) mass is 840 g/mol. The van der Waals surface area contributed by atoms with Crippen LogP contribution < -0.4 is 0 Å². The maximum absolute atomic E-state index is 5.62. The van der Waals surface area contributed by atoms with Crippen molar-refractivity contribution in [2.75, 3.05) is 0 Å². The second kappa shape index (κ2) is 19.1. The van der Waals surface area contributed by atoms with Gasteiger partial charge in [-0.05, 0) is 70.5 Å². The zero-order valence-electron chi connectivity index (χ0n) is 32.7. The van der Waals surface area contributed by atoms with Crippen LogP contribution in [0.15, 0.2) is 133 Å². The van der Waals surface area contributed by atoms with E-state index in [4.69, 9.17) is 17.0 Å². The standard InChI is InChI=1S/2C24H23.C2H6Si.2ClH.Zr/c2*1-3-4-9-18-15-20-12-7-13-21(23(20)16-18)22-14-6-11-19-10-5-8-17(2)24(19)22;1-3-2;;;/h2*5-8,10-16H,3-4,9H2,1-2H3;1-2H3;2*1H;/q2*-1;;;;+2/p-2. The van der Waals surface area contributed by atoms with E-state index < -0.39 is 18.0 Å². The number of hydrogen-bond donors (Lipinski definition) is 0. The minimum absolute atomic E-state index is 0.224. The molecule has 0 aromatic heterocycles. The Balaban J connectivity index is 0.000000160. The fourth-order valence-electron chi connectivity index (χ4n) is 7.62. The SMILES string of the molecule is CCCCc1cc2c(-c3cccc4cccc(C)c34)cccc2[cH-]1.CCCCc1cc2c(-c3cccc4cccc(C)c34)cccc2[cH-]1.C[Si](C)=[Zr]([Cl])[Cl]. The van der Waals surface area contributed by atoms with E-state index >= 15 is 0 Å². The minimum atomic E-state index is -1.65. The second-order valence-corrected chi connectivity index (χ2v) is 37.7. The van der Waals surface area contributed by atoms with Crippen molar-refractivity contribution in [1.29, 1.82) is 0 Å². The van der Waals surface area contributed by atoms with Crippen molar-refractivity contribution in [3.63, 3.8) is 0 Å². The number of unbranched alkanes of at least 4 members (excludes halogenated alkanes) is 2. The molecule has 0 saturated carbocycles. The summed E-state index contributed by atoms with van der Waals surface area (Å²) in [6, 6.07) is 49.4. The van der Waals surface area contributed by atoms with Crippen molar-refractivity contribution in [3.05, 3.63) is 156 Å². The summed E-state index contributed by atoms with van der Waals surface area (Å²) in [5.41, 5.74) is 10.8. The van der Waals surface area contributed by atoms with Gasteiger partial charge < -0.3 is 0 Å². The molecule has 0 amide bonds. The summed E-state index contributed by atoms with van der Waals surface area (Å²) in [6.45, 7) is 13.3. The predicted molar refractivity (Wildman–Crippen MR) is 241 cm³/mol. The molecule has 0 saturated heterocycles. The normalized spacial score (nSPS) is 11.0. The molecule has 0 spiro atoms. The third-order valence-electron chi connectivity index (χ3n) is 10.4. The number of hydrogen-bond acceptors (Lipinski definition) is 0. The van der Waals surface area contributed by atoms with Crippen LogP contribution in [0.1, 0.15) is 61.8 Å². The molecular formula is C50H52Cl2SiZr-2. The van der Waals surface area contributed by atoms with E-state index in [0.29, 0.717) is 0 Å². The van der Waals surface area contributed by atoms with Gasteiger partial charge in [-0.15, -0.1) is 69.1 Å². The summed E-state index contributed by atoms with van der Waals surface area (Å²) >= 11 is -1.65. The molecule has 0 bridgehead atoms. The first-order chi connectivity index (χ1) is 26.2. The van der Waals surface area contributed by atoms with Gasteiger partial charge in [0.25, 0.3) is 0 Å². The van der Waals surface area contributed by atoms with Crippen molar-refractivity contribution >= 4 is 65.5 Å². The molecule has 276 valence electrons. The number of benzene rings is 6. The molecule has 4 heteroatoms. The molecule has 8 rings (SSSR count). The Hall–Kier alpha value is -3.26. The average molecular weight is 843 g/mol. The number of aryl methyl sites for hydroxylation is 4. The van der Waals surface area contributed by atoms with Gasteiger partial charge in [0.2, 0.25) is 0 Å². The molecule has 0 heterocycles. The van der Waals surface area contributed by atoms with Crippen LogP contribution in [0.2, 0.25) is 13.1 Å². The van der Waals surface area contributed by atoms with Crippen LogP contribution in [0.25, 0.3) is 65.3 Å². The first kappa shape index (κ1) is 40.4. The van der Waals surface area contributed by atoms with Gasteiger partial charge in [-0.3, -0.25) is 0 Å². The summed E-state index contributed by atoms with van der Waals surface area (Å²) < 4.78 is 0. The van der Waals surface area contributed by atoms with E-state index in [1.807, 2.05) is 0 Å². The van der Waals surface area contributed by atoms with Crippen molar-refractivity contribution in [3.8, 4) is 22.3 Å². The van der Waals surface area contributed by atoms with E-state index in [1.165, 1.54) is 126 Å². The molecule has 0 aliphatic rings. The van der Waals surface area contributed by atoms with Crippen LogP contribution in [0.3, 0.4) is 0 Å². The van der Waals surface area contributed by atoms with Crippen molar-refractivity contribution in [2.45, 2.75) is 79.3 Å². The van der Waals surface area contributed by atoms with Gasteiger partial charge in [0.15, 0.2) is 0 Å². The topological polar surface area (TPSA) is 0 Å². The first-order valence-electron chi connectivity index (χ1n) is 19.5. The molecule has 0 atom stereocenters. The van der Waals surface area contributed by atoms with Crippen LogP contribution in [0.4, 0.5) is 0 Å². The van der Waals surface area contributed by atoms with Crippen LogP contribution >= 0.6 is 17.0 Å². The Kier molecular flexibility index (Phi) is 14.3. The molecule has 0 nitrogen and oxygen atoms in total. The molecule has 0 fully saturated rings. The van der Waals surface area contributed by atoms with Crippen molar-refractivity contribution in [1.82, 2.24) is 0 Å². The quantitative estimate of drug-likeness (QED) is 0.106. The molecule has 8 aromatic rings. The van der Waals surface area contributed by atoms with Crippen molar-refractivity contribution < 1.29 is 18.0 Å². The molecule has 54 heavy (non-hydrogen) atoms. The van der Waals surface area contributed by atoms with Crippen LogP contribution in [0.5, 0.6) is 0 Å². The zero-order chi connectivity index (χ0) is 38.2. The Bertz CT molecular complexity index is 2350. The molecule has 0 radical (unpaired) electrons. The molecule has 0 unspecified atom stereocenters. The van der Waals surface area contributed by atoms with Crippen molar-refractivity contribution in [2.24, 2.45) is 0 Å². The summed E-state index contributed by atoms with van der Waals surface area (Å²) in [6.07, 6.45) is 7.38. The Labute approximate surface area is 338 Å². The summed E-state index contributed by atoms with van der Waals surface area (Å²) in [7, 11) is 11.2. The van der Waals surface area contributed by atoms with Gasteiger partial charge >= 0.3 is 53.5 Å². The van der Waals surface area contributed by atoms with E-state index in [1.54, 1.807) is 0 Å². The maximum atomic E-state index is 5.62. The second-order valence-electron chi connectivity index (χ2n) is 14.8. The Morgan fingerprint density at radius 1 is 0.519 bits per heavy atom. The Morgan fingerprint density at radius 2 is 0.870 bits per heavy atom.